The van der Waals surface area contributed by atoms with Crippen LogP contribution >= 0.6 is 11.8 Å². The molecule has 36 heavy (non-hydrogen) atoms. The van der Waals surface area contributed by atoms with Crippen LogP contribution in [0.4, 0.5) is 22.4 Å². The summed E-state index contributed by atoms with van der Waals surface area (Å²) in [6.07, 6.45) is -6.57. The predicted molar refractivity (Wildman–Crippen MR) is 120 cm³/mol. The molecule has 8 nitrogen and oxygen atoms in total. The Bertz CT molecular complexity index is 1350. The van der Waals surface area contributed by atoms with Gasteiger partial charge in [0.25, 0.3) is 0 Å². The van der Waals surface area contributed by atoms with E-state index in [0.717, 1.165) is 17.0 Å². The van der Waals surface area contributed by atoms with Gasteiger partial charge in [0, 0.05) is 35.0 Å². The molecule has 0 saturated carbocycles. The van der Waals surface area contributed by atoms with Crippen molar-refractivity contribution in [1.29, 1.82) is 0 Å². The number of carbonyl (C=O) groups is 1. The highest BCUT2D eigenvalue weighted by Crippen LogP contribution is 2.59. The zero-order chi connectivity index (χ0) is 26.8. The predicted octanol–water partition coefficient (Wildman–Crippen LogP) is 4.47. The van der Waals surface area contributed by atoms with E-state index in [1.807, 2.05) is 0 Å². The molecule has 0 bridgehead atoms. The first kappa shape index (κ1) is 26.4. The molecule has 0 unspecified atom stereocenters. The molecule has 2 heterocycles. The monoisotopic (exact) mass is 550 g/mol. The maximum atomic E-state index is 14.2. The number of piperidine rings is 1. The smallest absolute Gasteiger partial charge is 0.421 e. The van der Waals surface area contributed by atoms with Crippen molar-refractivity contribution in [1.82, 2.24) is 9.62 Å². The Hall–Kier alpha value is -2.71. The topological polar surface area (TPSA) is 127 Å². The molecule has 1 fully saturated rings. The van der Waals surface area contributed by atoms with E-state index in [9.17, 15) is 41.0 Å². The van der Waals surface area contributed by atoms with Crippen molar-refractivity contribution in [3.63, 3.8) is 0 Å². The van der Waals surface area contributed by atoms with Crippen molar-refractivity contribution in [2.24, 2.45) is 0 Å². The van der Waals surface area contributed by atoms with Crippen molar-refractivity contribution < 1.29 is 46.1 Å². The van der Waals surface area contributed by atoms with Crippen molar-refractivity contribution in [2.75, 3.05) is 13.1 Å². The van der Waals surface area contributed by atoms with Gasteiger partial charge in [-0.25, -0.2) is 22.3 Å². The van der Waals surface area contributed by atoms with E-state index in [-0.39, 0.29) is 41.3 Å². The van der Waals surface area contributed by atoms with Crippen LogP contribution in [0.5, 0.6) is 11.5 Å². The summed E-state index contributed by atoms with van der Waals surface area (Å²) in [5.41, 5.74) is -3.19. The Morgan fingerprint density at radius 3 is 2.33 bits per heavy atom. The number of aromatic hydroxyl groups is 2. The second-order valence-electron chi connectivity index (χ2n) is 9.14. The molecule has 196 valence electrons. The van der Waals surface area contributed by atoms with Gasteiger partial charge in [-0.1, -0.05) is 31.7 Å². The number of nitrogens with one attached hydrogen (secondary N) is 1. The molecule has 0 spiro atoms. The van der Waals surface area contributed by atoms with E-state index in [4.69, 9.17) is 5.11 Å². The highest BCUT2D eigenvalue weighted by molar-refractivity contribution is 7.99. The second kappa shape index (κ2) is 8.70. The first-order chi connectivity index (χ1) is 16.6. The van der Waals surface area contributed by atoms with Gasteiger partial charge in [-0.05, 0) is 30.5 Å². The molecule has 2 aromatic rings. The minimum Gasteiger partial charge on any atom is -0.507 e. The Kier molecular flexibility index (Phi) is 6.37. The summed E-state index contributed by atoms with van der Waals surface area (Å²) >= 11 is 0.657. The number of carboxylic acid groups (broad SMARTS) is 1. The fourth-order valence-corrected chi connectivity index (χ4v) is 7.86. The third-order valence-corrected chi connectivity index (χ3v) is 9.19. The van der Waals surface area contributed by atoms with Crippen LogP contribution in [0.2, 0.25) is 0 Å². The number of amides is 1. The normalized spacial score (nSPS) is 18.0. The van der Waals surface area contributed by atoms with E-state index in [0.29, 0.717) is 17.3 Å². The van der Waals surface area contributed by atoms with Gasteiger partial charge in [0.05, 0.1) is 4.90 Å². The lowest BCUT2D eigenvalue weighted by Gasteiger charge is -2.37. The Balaban J connectivity index is 1.87. The minimum absolute atomic E-state index is 0.000993. The van der Waals surface area contributed by atoms with Crippen LogP contribution in [0.25, 0.3) is 0 Å². The van der Waals surface area contributed by atoms with Gasteiger partial charge in [0.1, 0.15) is 22.0 Å². The number of fused-ring (bicyclic) bond motifs is 2. The van der Waals surface area contributed by atoms with Gasteiger partial charge in [-0.2, -0.15) is 13.2 Å². The third-order valence-electron chi connectivity index (χ3n) is 6.45. The molecule has 1 amide bonds. The van der Waals surface area contributed by atoms with E-state index < -0.39 is 61.5 Å². The summed E-state index contributed by atoms with van der Waals surface area (Å²) in [6.45, 7) is 2.87. The minimum atomic E-state index is -5.36. The van der Waals surface area contributed by atoms with Crippen LogP contribution in [-0.4, -0.2) is 53.9 Å². The number of phenols is 2. The van der Waals surface area contributed by atoms with E-state index in [2.05, 4.69) is 4.72 Å². The summed E-state index contributed by atoms with van der Waals surface area (Å²) in [6, 6.07) is 2.69. The molecule has 2 aliphatic heterocycles. The molecule has 4 rings (SSSR count). The number of likely N-dealkylation sites (tertiary alicyclic amines) is 1. The standard InChI is InChI=1S/C22H22F4N2O6S2/c1-21(2)12-4-3-10(23)9-13(12)35-18-14(21)16(29)15(22(24,25)26)19(17(18)30)36(33,34)27-11-5-7-28(8-6-11)20(31)32/h3-4,9,11,27,29-30H,5-8H2,1-2H3,(H,31,32). The van der Waals surface area contributed by atoms with Crippen molar-refractivity contribution in [3.8, 4) is 11.5 Å². The van der Waals surface area contributed by atoms with Gasteiger partial charge in [0.2, 0.25) is 10.0 Å². The summed E-state index contributed by atoms with van der Waals surface area (Å²) in [5.74, 6) is -3.19. The lowest BCUT2D eigenvalue weighted by Crippen LogP contribution is -2.46. The molecular formula is C22H22F4N2O6S2. The van der Waals surface area contributed by atoms with Crippen molar-refractivity contribution in [3.05, 3.63) is 40.7 Å². The number of alkyl halides is 3. The zero-order valence-electron chi connectivity index (χ0n) is 19.0. The molecule has 0 atom stereocenters. The number of nitrogens with zero attached hydrogens (tertiary/aromatic N) is 1. The van der Waals surface area contributed by atoms with Crippen molar-refractivity contribution >= 4 is 27.9 Å². The summed E-state index contributed by atoms with van der Waals surface area (Å²) in [4.78, 5) is 10.5. The van der Waals surface area contributed by atoms with Crippen LogP contribution in [0.3, 0.4) is 0 Å². The Labute approximate surface area is 208 Å². The Morgan fingerprint density at radius 1 is 1.17 bits per heavy atom. The number of halogens is 4. The Morgan fingerprint density at radius 2 is 1.78 bits per heavy atom. The third kappa shape index (κ3) is 4.34. The highest BCUT2D eigenvalue weighted by Gasteiger charge is 2.49. The molecule has 1 saturated heterocycles. The number of benzene rings is 2. The molecule has 14 heteroatoms. The van der Waals surface area contributed by atoms with Crippen LogP contribution in [0.15, 0.2) is 32.9 Å². The quantitative estimate of drug-likeness (QED) is 0.328. The summed E-state index contributed by atoms with van der Waals surface area (Å²) in [7, 11) is -5.05. The van der Waals surface area contributed by atoms with Crippen LogP contribution in [0, 0.1) is 5.82 Å². The maximum absolute atomic E-state index is 14.2. The summed E-state index contributed by atoms with van der Waals surface area (Å²) < 4.78 is 85.1. The molecule has 2 aliphatic rings. The SMILES string of the molecule is CC1(C)c2ccc(F)cc2Sc2c(O)c(S(=O)(=O)NC3CCN(C(=O)O)CC3)c(C(F)(F)F)c(O)c21. The van der Waals surface area contributed by atoms with E-state index >= 15 is 0 Å². The largest absolute Gasteiger partial charge is 0.507 e. The average molecular weight is 551 g/mol. The lowest BCUT2D eigenvalue weighted by atomic mass is 9.76. The van der Waals surface area contributed by atoms with Gasteiger partial charge in [-0.15, -0.1) is 0 Å². The number of hydrogen-bond acceptors (Lipinski definition) is 6. The first-order valence-electron chi connectivity index (χ1n) is 10.7. The van der Waals surface area contributed by atoms with Gasteiger partial charge >= 0.3 is 12.3 Å². The van der Waals surface area contributed by atoms with Crippen LogP contribution < -0.4 is 4.72 Å². The fraction of sp³-hybridized carbons (Fsp3) is 0.409. The average Bonchev–Trinajstić information content (AvgIpc) is 2.74. The van der Waals surface area contributed by atoms with Gasteiger partial charge in [0.15, 0.2) is 5.75 Å². The maximum Gasteiger partial charge on any atom is 0.421 e. The molecule has 0 aliphatic carbocycles. The summed E-state index contributed by atoms with van der Waals surface area (Å²) in [5, 5.41) is 30.9. The number of phenolic OH excluding ortho intramolecular Hbond substituents is 2. The first-order valence-corrected chi connectivity index (χ1v) is 13.0. The highest BCUT2D eigenvalue weighted by atomic mass is 32.2. The number of rotatable bonds is 3. The molecule has 2 aromatic carbocycles. The van der Waals surface area contributed by atoms with Crippen LogP contribution in [-0.2, 0) is 21.6 Å². The van der Waals surface area contributed by atoms with E-state index in [1.165, 1.54) is 19.9 Å². The zero-order valence-corrected chi connectivity index (χ0v) is 20.6. The molecule has 0 aromatic heterocycles. The molecular weight excluding hydrogens is 528 g/mol. The number of hydrogen-bond donors (Lipinski definition) is 4. The fourth-order valence-electron chi connectivity index (χ4n) is 4.69. The second-order valence-corrected chi connectivity index (χ2v) is 11.8. The van der Waals surface area contributed by atoms with Gasteiger partial charge in [-0.3, -0.25) is 0 Å². The van der Waals surface area contributed by atoms with Crippen molar-refractivity contribution in [2.45, 2.75) is 59.0 Å². The van der Waals surface area contributed by atoms with E-state index in [1.54, 1.807) is 0 Å². The number of sulfonamides is 1. The lowest BCUT2D eigenvalue weighted by molar-refractivity contribution is -0.141. The molecule has 4 N–H and O–H groups in total. The molecule has 0 radical (unpaired) electrons. The van der Waals surface area contributed by atoms with Gasteiger partial charge < -0.3 is 20.2 Å². The van der Waals surface area contributed by atoms with Crippen LogP contribution in [0.1, 0.15) is 43.4 Å².